The number of hydrogen-bond donors (Lipinski definition) is 1. The molecule has 3 rings (SSSR count). The first-order valence-electron chi connectivity index (χ1n) is 6.34. The first-order chi connectivity index (χ1) is 8.59. The molecule has 0 radical (unpaired) electrons. The summed E-state index contributed by atoms with van der Waals surface area (Å²) in [6.45, 7) is 4.56. The van der Waals surface area contributed by atoms with E-state index in [0.29, 0.717) is 5.82 Å². The molecule has 0 atom stereocenters. The third-order valence-electron chi connectivity index (χ3n) is 3.92. The van der Waals surface area contributed by atoms with Gasteiger partial charge in [0.2, 0.25) is 0 Å². The Hall–Kier alpha value is -1.84. The monoisotopic (exact) mass is 242 g/mol. The van der Waals surface area contributed by atoms with Crippen molar-refractivity contribution in [3.63, 3.8) is 0 Å². The maximum Gasteiger partial charge on any atom is 0.123 e. The molecule has 0 bridgehead atoms. The average molecular weight is 242 g/mol. The zero-order valence-electron chi connectivity index (χ0n) is 10.8. The highest BCUT2D eigenvalue weighted by Crippen LogP contribution is 2.45. The van der Waals surface area contributed by atoms with Crippen LogP contribution in [0.15, 0.2) is 30.9 Å². The van der Waals surface area contributed by atoms with Crippen LogP contribution in [0.4, 0.5) is 5.82 Å². The van der Waals surface area contributed by atoms with Crippen molar-refractivity contribution >= 4 is 5.82 Å². The van der Waals surface area contributed by atoms with Crippen LogP contribution in [0.1, 0.15) is 26.7 Å². The summed E-state index contributed by atoms with van der Waals surface area (Å²) in [7, 11) is 0. The van der Waals surface area contributed by atoms with Crippen molar-refractivity contribution in [1.29, 1.82) is 0 Å². The van der Waals surface area contributed by atoms with Gasteiger partial charge in [-0.15, -0.1) is 0 Å². The molecule has 1 saturated carbocycles. The van der Waals surface area contributed by atoms with Gasteiger partial charge in [0.15, 0.2) is 0 Å². The summed E-state index contributed by atoms with van der Waals surface area (Å²) in [5, 5.41) is 0. The van der Waals surface area contributed by atoms with Crippen LogP contribution in [0.25, 0.3) is 11.3 Å². The fourth-order valence-electron chi connectivity index (χ4n) is 2.51. The molecule has 1 fully saturated rings. The topological polar surface area (TPSA) is 56.7 Å². The largest absolute Gasteiger partial charge is 0.384 e. The highest BCUT2D eigenvalue weighted by Gasteiger charge is 2.40. The van der Waals surface area contributed by atoms with E-state index >= 15 is 0 Å². The van der Waals surface area contributed by atoms with Crippen molar-refractivity contribution in [1.82, 2.24) is 14.5 Å². The molecule has 2 aromatic heterocycles. The quantitative estimate of drug-likeness (QED) is 0.900. The predicted molar refractivity (Wildman–Crippen MR) is 71.9 cm³/mol. The third-order valence-corrected chi connectivity index (χ3v) is 3.92. The standard InChI is InChI=1S/C14H18N4/c1-14(2,11-4-5-11)18-9-16-8-12(18)10-3-6-13(15)17-7-10/h3,6-9,11H,4-5H2,1-2H3,(H2,15,17). The van der Waals surface area contributed by atoms with Gasteiger partial charge in [-0.3, -0.25) is 0 Å². The number of nitrogen functional groups attached to an aromatic ring is 1. The van der Waals surface area contributed by atoms with Crippen LogP contribution >= 0.6 is 0 Å². The summed E-state index contributed by atoms with van der Waals surface area (Å²) in [6.07, 6.45) is 8.25. The zero-order valence-corrected chi connectivity index (χ0v) is 10.8. The SMILES string of the molecule is CC(C)(C1CC1)n1cncc1-c1ccc(N)nc1. The minimum absolute atomic E-state index is 0.118. The van der Waals surface area contributed by atoms with Gasteiger partial charge < -0.3 is 10.3 Å². The van der Waals surface area contributed by atoms with Crippen molar-refractivity contribution in [2.24, 2.45) is 5.92 Å². The molecule has 2 N–H and O–H groups in total. The smallest absolute Gasteiger partial charge is 0.123 e. The van der Waals surface area contributed by atoms with Gasteiger partial charge in [-0.2, -0.15) is 0 Å². The van der Waals surface area contributed by atoms with Crippen LogP contribution in [0.2, 0.25) is 0 Å². The summed E-state index contributed by atoms with van der Waals surface area (Å²) >= 11 is 0. The summed E-state index contributed by atoms with van der Waals surface area (Å²) in [5.41, 5.74) is 7.92. The van der Waals surface area contributed by atoms with Crippen LogP contribution in [-0.4, -0.2) is 14.5 Å². The number of nitrogens with two attached hydrogens (primary N) is 1. The number of nitrogens with zero attached hydrogens (tertiary/aromatic N) is 3. The van der Waals surface area contributed by atoms with Crippen molar-refractivity contribution in [2.45, 2.75) is 32.2 Å². The second-order valence-electron chi connectivity index (χ2n) is 5.55. The van der Waals surface area contributed by atoms with Crippen LogP contribution < -0.4 is 5.73 Å². The van der Waals surface area contributed by atoms with Crippen LogP contribution in [0, 0.1) is 5.92 Å². The normalized spacial score (nSPS) is 15.9. The molecule has 2 heterocycles. The molecule has 1 aliphatic carbocycles. The molecule has 0 aromatic carbocycles. The number of aromatic nitrogens is 3. The molecule has 0 aliphatic heterocycles. The Bertz CT molecular complexity index is 549. The minimum atomic E-state index is 0.118. The second kappa shape index (κ2) is 3.83. The van der Waals surface area contributed by atoms with Crippen LogP contribution in [-0.2, 0) is 5.54 Å². The van der Waals surface area contributed by atoms with Gasteiger partial charge in [0, 0.05) is 17.3 Å². The fraction of sp³-hybridized carbons (Fsp3) is 0.429. The Morgan fingerprint density at radius 2 is 2.06 bits per heavy atom. The molecule has 0 spiro atoms. The molecule has 4 heteroatoms. The molecule has 4 nitrogen and oxygen atoms in total. The van der Waals surface area contributed by atoms with E-state index in [9.17, 15) is 0 Å². The molecule has 0 amide bonds. The van der Waals surface area contributed by atoms with Crippen LogP contribution in [0.3, 0.4) is 0 Å². The minimum Gasteiger partial charge on any atom is -0.384 e. The molecular formula is C14H18N4. The lowest BCUT2D eigenvalue weighted by Gasteiger charge is -2.28. The van der Waals surface area contributed by atoms with Gasteiger partial charge in [-0.1, -0.05) is 0 Å². The third kappa shape index (κ3) is 1.78. The number of hydrogen-bond acceptors (Lipinski definition) is 3. The van der Waals surface area contributed by atoms with E-state index in [1.807, 2.05) is 30.9 Å². The molecule has 2 aromatic rings. The van der Waals surface area contributed by atoms with E-state index in [0.717, 1.165) is 17.2 Å². The van der Waals surface area contributed by atoms with E-state index in [-0.39, 0.29) is 5.54 Å². The molecule has 18 heavy (non-hydrogen) atoms. The molecule has 1 aliphatic rings. The molecule has 0 saturated heterocycles. The van der Waals surface area contributed by atoms with Gasteiger partial charge in [-0.05, 0) is 44.7 Å². The van der Waals surface area contributed by atoms with Crippen LogP contribution in [0.5, 0.6) is 0 Å². The van der Waals surface area contributed by atoms with Crippen molar-refractivity contribution in [3.8, 4) is 11.3 Å². The first kappa shape index (κ1) is 11.3. The Balaban J connectivity index is 2.03. The Kier molecular flexibility index (Phi) is 2.40. The Morgan fingerprint density at radius 3 is 2.67 bits per heavy atom. The van der Waals surface area contributed by atoms with Gasteiger partial charge in [0.1, 0.15) is 5.82 Å². The molecule has 0 unspecified atom stereocenters. The molecular weight excluding hydrogens is 224 g/mol. The van der Waals surface area contributed by atoms with Crippen molar-refractivity contribution in [3.05, 3.63) is 30.9 Å². The highest BCUT2D eigenvalue weighted by atomic mass is 15.1. The van der Waals surface area contributed by atoms with Crippen molar-refractivity contribution in [2.75, 3.05) is 5.73 Å². The van der Waals surface area contributed by atoms with E-state index in [1.54, 1.807) is 0 Å². The first-order valence-corrected chi connectivity index (χ1v) is 6.34. The fourth-order valence-corrected chi connectivity index (χ4v) is 2.51. The number of rotatable bonds is 3. The average Bonchev–Trinajstić information content (AvgIpc) is 3.09. The van der Waals surface area contributed by atoms with E-state index < -0.39 is 0 Å². The maximum atomic E-state index is 5.63. The van der Waals surface area contributed by atoms with E-state index in [1.165, 1.54) is 12.8 Å². The van der Waals surface area contributed by atoms with E-state index in [2.05, 4.69) is 28.4 Å². The number of imidazole rings is 1. The lowest BCUT2D eigenvalue weighted by molar-refractivity contribution is 0.307. The van der Waals surface area contributed by atoms with E-state index in [4.69, 9.17) is 5.73 Å². The zero-order chi connectivity index (χ0) is 12.8. The maximum absolute atomic E-state index is 5.63. The second-order valence-corrected chi connectivity index (χ2v) is 5.55. The summed E-state index contributed by atoms with van der Waals surface area (Å²) in [5.74, 6) is 1.30. The summed E-state index contributed by atoms with van der Waals surface area (Å²) in [6, 6.07) is 3.83. The number of pyridine rings is 1. The van der Waals surface area contributed by atoms with Gasteiger partial charge in [-0.25, -0.2) is 9.97 Å². The number of anilines is 1. The van der Waals surface area contributed by atoms with Gasteiger partial charge >= 0.3 is 0 Å². The highest BCUT2D eigenvalue weighted by molar-refractivity contribution is 5.59. The van der Waals surface area contributed by atoms with Gasteiger partial charge in [0.05, 0.1) is 18.2 Å². The Labute approximate surface area is 107 Å². The lowest BCUT2D eigenvalue weighted by atomic mass is 9.97. The Morgan fingerprint density at radius 1 is 1.28 bits per heavy atom. The summed E-state index contributed by atoms with van der Waals surface area (Å²) in [4.78, 5) is 8.46. The van der Waals surface area contributed by atoms with Crippen molar-refractivity contribution < 1.29 is 0 Å². The predicted octanol–water partition coefficient (Wildman–Crippen LogP) is 2.67. The van der Waals surface area contributed by atoms with Gasteiger partial charge in [0.25, 0.3) is 0 Å². The molecule has 94 valence electrons. The lowest BCUT2D eigenvalue weighted by Crippen LogP contribution is -2.28. The summed E-state index contributed by atoms with van der Waals surface area (Å²) < 4.78 is 2.26.